The number of benzene rings is 3. The van der Waals surface area contributed by atoms with Gasteiger partial charge in [-0.1, -0.05) is 30.3 Å². The van der Waals surface area contributed by atoms with Gasteiger partial charge in [0.1, 0.15) is 5.75 Å². The molecule has 1 N–H and O–H groups in total. The number of anilines is 1. The van der Waals surface area contributed by atoms with Crippen LogP contribution in [0.5, 0.6) is 5.75 Å². The van der Waals surface area contributed by atoms with Crippen LogP contribution in [-0.4, -0.2) is 18.2 Å². The number of non-ortho nitro benzene ring substituents is 1. The summed E-state index contributed by atoms with van der Waals surface area (Å²) < 4.78 is 5.40. The lowest BCUT2D eigenvalue weighted by atomic mass is 10.0. The van der Waals surface area contributed by atoms with Crippen LogP contribution in [0, 0.1) is 10.1 Å². The van der Waals surface area contributed by atoms with E-state index < -0.39 is 4.92 Å². The van der Waals surface area contributed by atoms with E-state index in [0.29, 0.717) is 5.69 Å². The van der Waals surface area contributed by atoms with Gasteiger partial charge in [0.25, 0.3) is 5.69 Å². The van der Waals surface area contributed by atoms with E-state index in [0.717, 1.165) is 22.1 Å². The molecule has 0 saturated heterocycles. The molecule has 3 aromatic carbocycles. The zero-order chi connectivity index (χ0) is 16.9. The fourth-order valence-electron chi connectivity index (χ4n) is 2.42. The van der Waals surface area contributed by atoms with Gasteiger partial charge in [-0.15, -0.1) is 0 Å². The van der Waals surface area contributed by atoms with Crippen LogP contribution >= 0.6 is 0 Å². The number of nitrogens with one attached hydrogen (secondary N) is 1. The van der Waals surface area contributed by atoms with Crippen molar-refractivity contribution in [3.8, 4) is 5.75 Å². The standard InChI is InChI=1S/C18H15N3O3/c1-24-18-11-6-13-4-2-3-5-16(13)17(18)12-19-20-14-7-9-15(10-8-14)21(22)23/h2-12,20H,1H3. The second-order valence-electron chi connectivity index (χ2n) is 5.08. The molecule has 0 aliphatic carbocycles. The molecule has 120 valence electrons. The highest BCUT2D eigenvalue weighted by molar-refractivity contribution is 6.02. The predicted molar refractivity (Wildman–Crippen MR) is 94.8 cm³/mol. The normalized spacial score (nSPS) is 10.9. The summed E-state index contributed by atoms with van der Waals surface area (Å²) in [7, 11) is 1.62. The van der Waals surface area contributed by atoms with Crippen molar-refractivity contribution in [1.82, 2.24) is 0 Å². The molecule has 0 radical (unpaired) electrons. The molecule has 0 unspecified atom stereocenters. The molecule has 0 aliphatic rings. The summed E-state index contributed by atoms with van der Waals surface area (Å²) in [5.74, 6) is 0.725. The van der Waals surface area contributed by atoms with E-state index in [2.05, 4.69) is 10.5 Å². The third kappa shape index (κ3) is 3.17. The Labute approximate surface area is 138 Å². The number of nitrogens with zero attached hydrogens (tertiary/aromatic N) is 2. The number of nitro benzene ring substituents is 1. The Morgan fingerprint density at radius 1 is 1.08 bits per heavy atom. The van der Waals surface area contributed by atoms with Crippen LogP contribution in [0.1, 0.15) is 5.56 Å². The van der Waals surface area contributed by atoms with Crippen molar-refractivity contribution < 1.29 is 9.66 Å². The number of methoxy groups -OCH3 is 1. The van der Waals surface area contributed by atoms with Gasteiger partial charge >= 0.3 is 0 Å². The first-order chi connectivity index (χ1) is 11.7. The maximum absolute atomic E-state index is 10.6. The minimum atomic E-state index is -0.436. The first kappa shape index (κ1) is 15.5. The van der Waals surface area contributed by atoms with Gasteiger partial charge in [-0.25, -0.2) is 0 Å². The molecule has 6 nitrogen and oxygen atoms in total. The summed E-state index contributed by atoms with van der Waals surface area (Å²) in [6.07, 6.45) is 1.68. The molecular weight excluding hydrogens is 306 g/mol. The first-order valence-electron chi connectivity index (χ1n) is 7.28. The van der Waals surface area contributed by atoms with Crippen LogP contribution < -0.4 is 10.2 Å². The lowest BCUT2D eigenvalue weighted by Gasteiger charge is -2.08. The van der Waals surface area contributed by atoms with Crippen molar-refractivity contribution in [3.05, 3.63) is 76.3 Å². The van der Waals surface area contributed by atoms with Crippen molar-refractivity contribution in [2.24, 2.45) is 5.10 Å². The fourth-order valence-corrected chi connectivity index (χ4v) is 2.42. The molecule has 0 atom stereocenters. The molecule has 6 heteroatoms. The zero-order valence-corrected chi connectivity index (χ0v) is 13.0. The lowest BCUT2D eigenvalue weighted by Crippen LogP contribution is -1.95. The number of ether oxygens (including phenoxy) is 1. The smallest absolute Gasteiger partial charge is 0.269 e. The molecule has 0 bridgehead atoms. The van der Waals surface area contributed by atoms with Crippen molar-refractivity contribution >= 4 is 28.4 Å². The molecule has 0 saturated carbocycles. The molecular formula is C18H15N3O3. The second-order valence-corrected chi connectivity index (χ2v) is 5.08. The maximum atomic E-state index is 10.6. The number of nitro groups is 1. The Morgan fingerprint density at radius 2 is 1.83 bits per heavy atom. The minimum absolute atomic E-state index is 0.0419. The van der Waals surface area contributed by atoms with Crippen molar-refractivity contribution in [3.63, 3.8) is 0 Å². The molecule has 0 aromatic heterocycles. The van der Waals surface area contributed by atoms with Crippen LogP contribution in [0.3, 0.4) is 0 Å². The summed E-state index contributed by atoms with van der Waals surface area (Å²) in [6.45, 7) is 0. The number of hydrazone groups is 1. The Kier molecular flexibility index (Phi) is 4.38. The van der Waals surface area contributed by atoms with E-state index in [1.54, 1.807) is 25.5 Å². The monoisotopic (exact) mass is 321 g/mol. The lowest BCUT2D eigenvalue weighted by molar-refractivity contribution is -0.384. The molecule has 24 heavy (non-hydrogen) atoms. The molecule has 0 spiro atoms. The number of rotatable bonds is 5. The summed E-state index contributed by atoms with van der Waals surface area (Å²) in [6, 6.07) is 17.9. The zero-order valence-electron chi connectivity index (χ0n) is 13.0. The van der Waals surface area contributed by atoms with Gasteiger partial charge in [0, 0.05) is 17.7 Å². The van der Waals surface area contributed by atoms with Gasteiger partial charge in [-0.2, -0.15) is 5.10 Å². The highest BCUT2D eigenvalue weighted by Crippen LogP contribution is 2.26. The van der Waals surface area contributed by atoms with Gasteiger partial charge in [0.2, 0.25) is 0 Å². The van der Waals surface area contributed by atoms with E-state index in [4.69, 9.17) is 4.74 Å². The second kappa shape index (κ2) is 6.78. The maximum Gasteiger partial charge on any atom is 0.269 e. The van der Waals surface area contributed by atoms with Crippen LogP contribution in [-0.2, 0) is 0 Å². The molecule has 3 rings (SSSR count). The molecule has 0 heterocycles. The van der Waals surface area contributed by atoms with E-state index >= 15 is 0 Å². The quantitative estimate of drug-likeness (QED) is 0.434. The summed E-state index contributed by atoms with van der Waals surface area (Å²) in [4.78, 5) is 10.2. The summed E-state index contributed by atoms with van der Waals surface area (Å²) >= 11 is 0. The van der Waals surface area contributed by atoms with E-state index in [9.17, 15) is 10.1 Å². The molecule has 3 aromatic rings. The molecule has 0 aliphatic heterocycles. The Morgan fingerprint density at radius 3 is 2.54 bits per heavy atom. The van der Waals surface area contributed by atoms with Crippen molar-refractivity contribution in [1.29, 1.82) is 0 Å². The van der Waals surface area contributed by atoms with Crippen LogP contribution in [0.25, 0.3) is 10.8 Å². The van der Waals surface area contributed by atoms with E-state index in [-0.39, 0.29) is 5.69 Å². The predicted octanol–water partition coefficient (Wildman–Crippen LogP) is 4.20. The largest absolute Gasteiger partial charge is 0.496 e. The van der Waals surface area contributed by atoms with Gasteiger partial charge in [0.05, 0.1) is 23.9 Å². The Hall–Kier alpha value is -3.41. The topological polar surface area (TPSA) is 76.8 Å². The first-order valence-corrected chi connectivity index (χ1v) is 7.28. The number of fused-ring (bicyclic) bond motifs is 1. The Bertz CT molecular complexity index is 905. The van der Waals surface area contributed by atoms with Crippen molar-refractivity contribution in [2.45, 2.75) is 0 Å². The molecule has 0 amide bonds. The van der Waals surface area contributed by atoms with Crippen LogP contribution in [0.4, 0.5) is 11.4 Å². The van der Waals surface area contributed by atoms with Crippen molar-refractivity contribution in [2.75, 3.05) is 12.5 Å². The SMILES string of the molecule is COc1ccc2ccccc2c1C=NNc1ccc([N+](=O)[O-])cc1. The third-order valence-corrected chi connectivity index (χ3v) is 3.62. The Balaban J connectivity index is 1.86. The highest BCUT2D eigenvalue weighted by Gasteiger charge is 2.06. The van der Waals surface area contributed by atoms with Gasteiger partial charge in [-0.3, -0.25) is 15.5 Å². The summed E-state index contributed by atoms with van der Waals surface area (Å²) in [5.41, 5.74) is 4.44. The van der Waals surface area contributed by atoms with Crippen LogP contribution in [0.2, 0.25) is 0 Å². The average molecular weight is 321 g/mol. The van der Waals surface area contributed by atoms with Gasteiger partial charge in [-0.05, 0) is 29.0 Å². The number of hydrogen-bond donors (Lipinski definition) is 1. The van der Waals surface area contributed by atoms with Gasteiger partial charge in [0.15, 0.2) is 0 Å². The van der Waals surface area contributed by atoms with Gasteiger partial charge < -0.3 is 4.74 Å². The number of hydrogen-bond acceptors (Lipinski definition) is 5. The van der Waals surface area contributed by atoms with E-state index in [1.165, 1.54) is 12.1 Å². The minimum Gasteiger partial charge on any atom is -0.496 e. The highest BCUT2D eigenvalue weighted by atomic mass is 16.6. The van der Waals surface area contributed by atoms with E-state index in [1.807, 2.05) is 36.4 Å². The fraction of sp³-hybridized carbons (Fsp3) is 0.0556. The third-order valence-electron chi connectivity index (χ3n) is 3.62. The van der Waals surface area contributed by atoms with Crippen LogP contribution in [0.15, 0.2) is 65.8 Å². The summed E-state index contributed by atoms with van der Waals surface area (Å²) in [5, 5.41) is 17.0. The molecule has 0 fully saturated rings. The average Bonchev–Trinajstić information content (AvgIpc) is 2.62.